The van der Waals surface area contributed by atoms with Crippen LogP contribution in [0.1, 0.15) is 20.3 Å². The van der Waals surface area contributed by atoms with Crippen LogP contribution in [-0.2, 0) is 9.84 Å². The van der Waals surface area contributed by atoms with Crippen molar-refractivity contribution in [2.75, 3.05) is 25.1 Å². The van der Waals surface area contributed by atoms with Gasteiger partial charge in [0.2, 0.25) is 0 Å². The van der Waals surface area contributed by atoms with Crippen molar-refractivity contribution < 1.29 is 8.42 Å². The van der Waals surface area contributed by atoms with Crippen LogP contribution in [0.25, 0.3) is 0 Å². The van der Waals surface area contributed by atoms with E-state index in [-0.39, 0.29) is 11.1 Å². The maximum atomic E-state index is 10.8. The van der Waals surface area contributed by atoms with Crippen LogP contribution >= 0.6 is 11.6 Å². The van der Waals surface area contributed by atoms with Gasteiger partial charge in [0.25, 0.3) is 0 Å². The molecule has 0 bridgehead atoms. The monoisotopic (exact) mass is 241 g/mol. The first kappa shape index (κ1) is 14.2. The molecule has 1 atom stereocenters. The number of rotatable bonds is 7. The van der Waals surface area contributed by atoms with Crippen molar-refractivity contribution in [1.29, 1.82) is 0 Å². The van der Waals surface area contributed by atoms with E-state index in [9.17, 15) is 8.42 Å². The highest BCUT2D eigenvalue weighted by molar-refractivity contribution is 7.90. The third kappa shape index (κ3) is 10.3. The molecule has 0 spiro atoms. The molecule has 0 amide bonds. The first-order valence-corrected chi connectivity index (χ1v) is 7.33. The lowest BCUT2D eigenvalue weighted by Gasteiger charge is -2.12. The van der Waals surface area contributed by atoms with E-state index in [4.69, 9.17) is 11.6 Å². The second-order valence-corrected chi connectivity index (χ2v) is 6.94. The third-order valence-corrected chi connectivity index (χ3v) is 3.02. The normalized spacial score (nSPS) is 14.6. The van der Waals surface area contributed by atoms with E-state index in [2.05, 4.69) is 19.2 Å². The number of nitrogens with one attached hydrogen (secondary N) is 1. The molecular formula is C9H20ClNO2S. The van der Waals surface area contributed by atoms with Crippen molar-refractivity contribution >= 4 is 21.4 Å². The Morgan fingerprint density at radius 3 is 2.36 bits per heavy atom. The Hall–Kier alpha value is 0.200. The topological polar surface area (TPSA) is 46.2 Å². The molecule has 5 heteroatoms. The molecule has 0 aliphatic rings. The maximum Gasteiger partial charge on any atom is 0.148 e. The fourth-order valence-corrected chi connectivity index (χ4v) is 2.09. The van der Waals surface area contributed by atoms with E-state index in [0.717, 1.165) is 6.42 Å². The minimum absolute atomic E-state index is 0.0922. The minimum Gasteiger partial charge on any atom is -0.314 e. The quantitative estimate of drug-likeness (QED) is 0.540. The average Bonchev–Trinajstić information content (AvgIpc) is 1.95. The fraction of sp³-hybridized carbons (Fsp3) is 1.00. The van der Waals surface area contributed by atoms with Gasteiger partial charge >= 0.3 is 0 Å². The number of hydrogen-bond donors (Lipinski definition) is 1. The van der Waals surface area contributed by atoms with Gasteiger partial charge in [0.15, 0.2) is 0 Å². The average molecular weight is 242 g/mol. The summed E-state index contributed by atoms with van der Waals surface area (Å²) in [6.45, 7) is 5.40. The van der Waals surface area contributed by atoms with Gasteiger partial charge in [-0.2, -0.15) is 0 Å². The van der Waals surface area contributed by atoms with Gasteiger partial charge in [-0.15, -0.1) is 11.6 Å². The summed E-state index contributed by atoms with van der Waals surface area (Å²) < 4.78 is 21.6. The molecule has 0 aliphatic heterocycles. The van der Waals surface area contributed by atoms with Gasteiger partial charge in [0.1, 0.15) is 9.84 Å². The summed E-state index contributed by atoms with van der Waals surface area (Å²) >= 11 is 6.01. The molecule has 0 fully saturated rings. The zero-order chi connectivity index (χ0) is 11.2. The number of hydrogen-bond acceptors (Lipinski definition) is 3. The highest BCUT2D eigenvalue weighted by Crippen LogP contribution is 2.09. The molecule has 0 saturated heterocycles. The Kier molecular flexibility index (Phi) is 6.74. The highest BCUT2D eigenvalue weighted by atomic mass is 35.5. The van der Waals surface area contributed by atoms with E-state index < -0.39 is 9.84 Å². The van der Waals surface area contributed by atoms with Crippen LogP contribution in [0.4, 0.5) is 0 Å². The van der Waals surface area contributed by atoms with Gasteiger partial charge in [0.05, 0.1) is 5.75 Å². The smallest absolute Gasteiger partial charge is 0.148 e. The van der Waals surface area contributed by atoms with E-state index in [1.165, 1.54) is 6.26 Å². The molecule has 1 N–H and O–H groups in total. The lowest BCUT2D eigenvalue weighted by molar-refractivity contribution is 0.537. The van der Waals surface area contributed by atoms with Gasteiger partial charge in [-0.25, -0.2) is 8.42 Å². The van der Waals surface area contributed by atoms with Crippen molar-refractivity contribution in [3.8, 4) is 0 Å². The van der Waals surface area contributed by atoms with Gasteiger partial charge in [-0.1, -0.05) is 13.8 Å². The molecule has 3 nitrogen and oxygen atoms in total. The molecule has 0 aromatic rings. The Morgan fingerprint density at radius 2 is 1.93 bits per heavy atom. The molecule has 0 heterocycles. The summed E-state index contributed by atoms with van der Waals surface area (Å²) in [5.74, 6) is 0.757. The molecule has 86 valence electrons. The van der Waals surface area contributed by atoms with Crippen LogP contribution in [-0.4, -0.2) is 38.9 Å². The summed E-state index contributed by atoms with van der Waals surface area (Å²) in [6, 6.07) is 0. The lowest BCUT2D eigenvalue weighted by atomic mass is 10.1. The minimum atomic E-state index is -2.85. The molecule has 0 radical (unpaired) electrons. The SMILES string of the molecule is CC(C)CC(Cl)CNCCS(C)(=O)=O. The molecule has 1 unspecified atom stereocenters. The standard InChI is InChI=1S/C9H20ClNO2S/c1-8(2)6-9(10)7-11-4-5-14(3,12)13/h8-9,11H,4-7H2,1-3H3. The van der Waals surface area contributed by atoms with E-state index >= 15 is 0 Å². The van der Waals surface area contributed by atoms with Crippen LogP contribution in [0.3, 0.4) is 0 Å². The molecule has 0 aliphatic carbocycles. The van der Waals surface area contributed by atoms with Crippen LogP contribution < -0.4 is 5.32 Å². The summed E-state index contributed by atoms with van der Waals surface area (Å²) in [5.41, 5.74) is 0. The molecule has 0 saturated carbocycles. The van der Waals surface area contributed by atoms with Crippen LogP contribution in [0, 0.1) is 5.92 Å². The van der Waals surface area contributed by atoms with E-state index in [1.807, 2.05) is 0 Å². The lowest BCUT2D eigenvalue weighted by Crippen LogP contribution is -2.28. The van der Waals surface area contributed by atoms with Crippen LogP contribution in [0.2, 0.25) is 0 Å². The van der Waals surface area contributed by atoms with E-state index in [1.54, 1.807) is 0 Å². The van der Waals surface area contributed by atoms with Gasteiger partial charge < -0.3 is 5.32 Å². The first-order chi connectivity index (χ1) is 6.31. The number of alkyl halides is 1. The maximum absolute atomic E-state index is 10.8. The summed E-state index contributed by atoms with van der Waals surface area (Å²) in [6.07, 6.45) is 2.19. The van der Waals surface area contributed by atoms with Gasteiger partial charge in [-0.3, -0.25) is 0 Å². The summed E-state index contributed by atoms with van der Waals surface area (Å²) in [4.78, 5) is 0. The molecule has 0 aromatic carbocycles. The van der Waals surface area contributed by atoms with Crippen molar-refractivity contribution in [2.45, 2.75) is 25.6 Å². The Balaban J connectivity index is 3.45. The fourth-order valence-electron chi connectivity index (χ4n) is 1.11. The predicted octanol–water partition coefficient (Wildman–Crippen LogP) is 1.27. The van der Waals surface area contributed by atoms with Gasteiger partial charge in [0, 0.05) is 24.7 Å². The molecule has 0 rings (SSSR count). The Morgan fingerprint density at radius 1 is 1.36 bits per heavy atom. The largest absolute Gasteiger partial charge is 0.314 e. The number of sulfone groups is 1. The number of halogens is 1. The van der Waals surface area contributed by atoms with Crippen molar-refractivity contribution in [1.82, 2.24) is 5.32 Å². The van der Waals surface area contributed by atoms with Crippen molar-refractivity contribution in [2.24, 2.45) is 5.92 Å². The molecule has 0 aromatic heterocycles. The Labute approximate surface area is 92.1 Å². The van der Waals surface area contributed by atoms with Crippen LogP contribution in [0.15, 0.2) is 0 Å². The summed E-state index contributed by atoms with van der Waals surface area (Å²) in [5, 5.41) is 3.13. The molecular weight excluding hydrogens is 222 g/mol. The Bertz CT molecular complexity index is 239. The van der Waals surface area contributed by atoms with Crippen molar-refractivity contribution in [3.63, 3.8) is 0 Å². The summed E-state index contributed by atoms with van der Waals surface area (Å²) in [7, 11) is -2.85. The first-order valence-electron chi connectivity index (χ1n) is 4.84. The predicted molar refractivity (Wildman–Crippen MR) is 61.7 cm³/mol. The van der Waals surface area contributed by atoms with E-state index in [0.29, 0.717) is 19.0 Å². The van der Waals surface area contributed by atoms with Gasteiger partial charge in [-0.05, 0) is 12.3 Å². The highest BCUT2D eigenvalue weighted by Gasteiger charge is 2.07. The second kappa shape index (κ2) is 6.64. The second-order valence-electron chi connectivity index (χ2n) is 4.06. The zero-order valence-electron chi connectivity index (χ0n) is 9.09. The van der Waals surface area contributed by atoms with Crippen LogP contribution in [0.5, 0.6) is 0 Å². The van der Waals surface area contributed by atoms with Crippen molar-refractivity contribution in [3.05, 3.63) is 0 Å². The molecule has 14 heavy (non-hydrogen) atoms. The third-order valence-electron chi connectivity index (χ3n) is 1.74. The zero-order valence-corrected chi connectivity index (χ0v) is 10.7.